The van der Waals surface area contributed by atoms with Crippen LogP contribution in [0.3, 0.4) is 0 Å². The van der Waals surface area contributed by atoms with Gasteiger partial charge < -0.3 is 5.32 Å². The van der Waals surface area contributed by atoms with Crippen molar-refractivity contribution in [2.75, 3.05) is 13.1 Å². The van der Waals surface area contributed by atoms with Gasteiger partial charge >= 0.3 is 0 Å². The van der Waals surface area contributed by atoms with Crippen molar-refractivity contribution in [2.45, 2.75) is 45.0 Å². The Kier molecular flexibility index (Phi) is 4.56. The van der Waals surface area contributed by atoms with Crippen molar-refractivity contribution in [2.24, 2.45) is 5.41 Å². The first-order chi connectivity index (χ1) is 9.08. The van der Waals surface area contributed by atoms with Crippen molar-refractivity contribution in [1.82, 2.24) is 5.32 Å². The Labute approximate surface area is 114 Å². The van der Waals surface area contributed by atoms with E-state index in [9.17, 15) is 8.78 Å². The number of alkyl halides is 2. The number of benzene rings is 1. The highest BCUT2D eigenvalue weighted by Crippen LogP contribution is 2.40. The van der Waals surface area contributed by atoms with Gasteiger partial charge in [0.1, 0.15) is 0 Å². The summed E-state index contributed by atoms with van der Waals surface area (Å²) in [6.07, 6.45) is 5.91. The summed E-state index contributed by atoms with van der Waals surface area (Å²) in [5, 5.41) is 3.01. The van der Waals surface area contributed by atoms with E-state index in [1.54, 1.807) is 18.2 Å². The minimum Gasteiger partial charge on any atom is -0.310 e. The van der Waals surface area contributed by atoms with Crippen LogP contribution in [0.25, 0.3) is 0 Å². The summed E-state index contributed by atoms with van der Waals surface area (Å²) in [5.41, 5.74) is 0.353. The normalized spacial score (nSPS) is 18.7. The summed E-state index contributed by atoms with van der Waals surface area (Å²) in [5.74, 6) is -2.78. The maximum absolute atomic E-state index is 14.0. The predicted octanol–water partition coefficient (Wildman–Crippen LogP) is 4.34. The zero-order valence-electron chi connectivity index (χ0n) is 11.6. The van der Waals surface area contributed by atoms with Gasteiger partial charge in [-0.1, -0.05) is 50.1 Å². The molecule has 0 spiro atoms. The maximum Gasteiger partial charge on any atom is 0.285 e. The molecule has 0 heterocycles. The molecule has 1 fully saturated rings. The molecule has 0 radical (unpaired) electrons. The quantitative estimate of drug-likeness (QED) is 0.808. The Morgan fingerprint density at radius 3 is 2.37 bits per heavy atom. The van der Waals surface area contributed by atoms with Crippen LogP contribution in [-0.2, 0) is 5.92 Å². The fourth-order valence-electron chi connectivity index (χ4n) is 3.05. The van der Waals surface area contributed by atoms with Gasteiger partial charge in [0.2, 0.25) is 0 Å². The number of rotatable bonds is 6. The molecule has 106 valence electrons. The zero-order chi connectivity index (χ0) is 13.8. The Morgan fingerprint density at radius 1 is 1.16 bits per heavy atom. The smallest absolute Gasteiger partial charge is 0.285 e. The summed E-state index contributed by atoms with van der Waals surface area (Å²) in [4.78, 5) is 0. The molecule has 0 aromatic heterocycles. The van der Waals surface area contributed by atoms with Crippen molar-refractivity contribution in [3.05, 3.63) is 35.9 Å². The van der Waals surface area contributed by atoms with Crippen LogP contribution in [-0.4, -0.2) is 13.1 Å². The van der Waals surface area contributed by atoms with Gasteiger partial charge in [-0.25, -0.2) is 0 Å². The molecule has 1 N–H and O–H groups in total. The minimum atomic E-state index is -2.78. The van der Waals surface area contributed by atoms with Crippen molar-refractivity contribution in [1.29, 1.82) is 0 Å². The molecule has 1 nitrogen and oxygen atoms in total. The van der Waals surface area contributed by atoms with Crippen LogP contribution in [0.2, 0.25) is 0 Å². The molecule has 2 rings (SSSR count). The molecule has 0 bridgehead atoms. The van der Waals surface area contributed by atoms with E-state index >= 15 is 0 Å². The van der Waals surface area contributed by atoms with Gasteiger partial charge in [-0.05, 0) is 24.7 Å². The van der Waals surface area contributed by atoms with E-state index in [0.717, 1.165) is 6.42 Å². The predicted molar refractivity (Wildman–Crippen MR) is 74.4 cm³/mol. The van der Waals surface area contributed by atoms with Gasteiger partial charge in [0.05, 0.1) is 6.54 Å². The van der Waals surface area contributed by atoms with Crippen LogP contribution < -0.4 is 5.32 Å². The molecular formula is C16H23F2N. The molecule has 1 aliphatic rings. The molecule has 0 aliphatic heterocycles. The van der Waals surface area contributed by atoms with Crippen molar-refractivity contribution in [3.8, 4) is 0 Å². The van der Waals surface area contributed by atoms with Crippen LogP contribution in [0.15, 0.2) is 30.3 Å². The van der Waals surface area contributed by atoms with Gasteiger partial charge in [-0.2, -0.15) is 8.78 Å². The van der Waals surface area contributed by atoms with Crippen LogP contribution in [0.5, 0.6) is 0 Å². The van der Waals surface area contributed by atoms with E-state index in [1.807, 2.05) is 0 Å². The molecule has 0 amide bonds. The van der Waals surface area contributed by atoms with Gasteiger partial charge in [0.25, 0.3) is 5.92 Å². The fourth-order valence-corrected chi connectivity index (χ4v) is 3.05. The highest BCUT2D eigenvalue weighted by molar-refractivity contribution is 5.20. The summed E-state index contributed by atoms with van der Waals surface area (Å²) in [6, 6.07) is 8.07. The van der Waals surface area contributed by atoms with E-state index in [2.05, 4.69) is 12.2 Å². The lowest BCUT2D eigenvalue weighted by molar-refractivity contribution is -0.00561. The van der Waals surface area contributed by atoms with Gasteiger partial charge in [-0.3, -0.25) is 0 Å². The maximum atomic E-state index is 14.0. The molecule has 0 unspecified atom stereocenters. The summed E-state index contributed by atoms with van der Waals surface area (Å²) in [6.45, 7) is 2.62. The Bertz CT molecular complexity index is 383. The first-order valence-corrected chi connectivity index (χ1v) is 7.22. The first-order valence-electron chi connectivity index (χ1n) is 7.22. The number of halogens is 2. The van der Waals surface area contributed by atoms with E-state index in [-0.39, 0.29) is 17.5 Å². The average Bonchev–Trinajstić information content (AvgIpc) is 2.89. The number of hydrogen-bond acceptors (Lipinski definition) is 1. The Morgan fingerprint density at radius 2 is 1.79 bits per heavy atom. The molecule has 1 saturated carbocycles. The van der Waals surface area contributed by atoms with Crippen LogP contribution in [0, 0.1) is 5.41 Å². The topological polar surface area (TPSA) is 12.0 Å². The molecule has 19 heavy (non-hydrogen) atoms. The van der Waals surface area contributed by atoms with Gasteiger partial charge in [0, 0.05) is 12.1 Å². The Balaban J connectivity index is 1.88. The highest BCUT2D eigenvalue weighted by Gasteiger charge is 2.35. The van der Waals surface area contributed by atoms with E-state index < -0.39 is 5.92 Å². The van der Waals surface area contributed by atoms with Crippen molar-refractivity contribution >= 4 is 0 Å². The van der Waals surface area contributed by atoms with Gasteiger partial charge in [0.15, 0.2) is 0 Å². The summed E-state index contributed by atoms with van der Waals surface area (Å²) >= 11 is 0. The largest absolute Gasteiger partial charge is 0.310 e. The fraction of sp³-hybridized carbons (Fsp3) is 0.625. The van der Waals surface area contributed by atoms with E-state index in [1.165, 1.54) is 37.8 Å². The highest BCUT2D eigenvalue weighted by atomic mass is 19.3. The molecule has 0 atom stereocenters. The van der Waals surface area contributed by atoms with Gasteiger partial charge in [-0.15, -0.1) is 0 Å². The minimum absolute atomic E-state index is 0.0967. The first kappa shape index (κ1) is 14.4. The third kappa shape index (κ3) is 3.53. The summed E-state index contributed by atoms with van der Waals surface area (Å²) < 4.78 is 28.0. The summed E-state index contributed by atoms with van der Waals surface area (Å²) in [7, 11) is 0. The number of nitrogens with one attached hydrogen (secondary N) is 1. The van der Waals surface area contributed by atoms with Crippen LogP contribution in [0.1, 0.15) is 44.6 Å². The van der Waals surface area contributed by atoms with Crippen molar-refractivity contribution < 1.29 is 8.78 Å². The molecule has 1 aromatic rings. The lowest BCUT2D eigenvalue weighted by atomic mass is 9.83. The standard InChI is InChI=1S/C16H23F2N/c1-2-15(10-6-7-11-15)12-19-13-16(17,18)14-8-4-3-5-9-14/h3-5,8-9,19H,2,6-7,10-13H2,1H3. The monoisotopic (exact) mass is 267 g/mol. The molecule has 3 heteroatoms. The lowest BCUT2D eigenvalue weighted by Crippen LogP contribution is -2.38. The van der Waals surface area contributed by atoms with Crippen LogP contribution in [0.4, 0.5) is 8.78 Å². The second-order valence-corrected chi connectivity index (χ2v) is 5.73. The van der Waals surface area contributed by atoms with Crippen LogP contribution >= 0.6 is 0 Å². The van der Waals surface area contributed by atoms with E-state index in [4.69, 9.17) is 0 Å². The third-order valence-electron chi connectivity index (χ3n) is 4.46. The second kappa shape index (κ2) is 6.00. The van der Waals surface area contributed by atoms with Crippen molar-refractivity contribution in [3.63, 3.8) is 0 Å². The lowest BCUT2D eigenvalue weighted by Gasteiger charge is -2.29. The second-order valence-electron chi connectivity index (χ2n) is 5.73. The third-order valence-corrected chi connectivity index (χ3v) is 4.46. The molecular weight excluding hydrogens is 244 g/mol. The zero-order valence-corrected chi connectivity index (χ0v) is 11.6. The Hall–Kier alpha value is -0.960. The molecule has 1 aromatic carbocycles. The molecule has 0 saturated heterocycles. The average molecular weight is 267 g/mol. The SMILES string of the molecule is CCC1(CNCC(F)(F)c2ccccc2)CCCC1. The van der Waals surface area contributed by atoms with E-state index in [0.29, 0.717) is 6.54 Å². The molecule has 1 aliphatic carbocycles. The number of hydrogen-bond donors (Lipinski definition) is 1.